The number of benzene rings is 4. The summed E-state index contributed by atoms with van der Waals surface area (Å²) in [6.07, 6.45) is 16.7. The van der Waals surface area contributed by atoms with Crippen molar-refractivity contribution in [2.24, 2.45) is 0 Å². The van der Waals surface area contributed by atoms with Crippen LogP contribution in [-0.4, -0.2) is 63.4 Å². The topological polar surface area (TPSA) is 104 Å². The molecule has 6 rings (SSSR count). The molecule has 2 aliphatic rings. The lowest BCUT2D eigenvalue weighted by molar-refractivity contribution is -0.438. The molecule has 10 heteroatoms. The van der Waals surface area contributed by atoms with Crippen molar-refractivity contribution in [3.63, 3.8) is 0 Å². The summed E-state index contributed by atoms with van der Waals surface area (Å²) in [5.41, 5.74) is 6.51. The first kappa shape index (κ1) is 39.3. The van der Waals surface area contributed by atoms with Crippen LogP contribution in [0, 0.1) is 0 Å². The molecule has 0 atom stereocenters. The lowest BCUT2D eigenvalue weighted by Crippen LogP contribution is -2.28. The van der Waals surface area contributed by atoms with E-state index in [1.54, 1.807) is 0 Å². The number of rotatable bonds is 15. The van der Waals surface area contributed by atoms with Crippen molar-refractivity contribution in [2.45, 2.75) is 64.2 Å². The van der Waals surface area contributed by atoms with Gasteiger partial charge in [0.05, 0.1) is 24.0 Å². The third-order valence-corrected chi connectivity index (χ3v) is 12.9. The maximum atomic E-state index is 12.0. The molecule has 0 spiro atoms. The van der Waals surface area contributed by atoms with Gasteiger partial charge in [0.25, 0.3) is 20.2 Å². The molecule has 0 amide bonds. The van der Waals surface area contributed by atoms with E-state index in [1.165, 1.54) is 39.8 Å². The second-order valence-electron chi connectivity index (χ2n) is 15.1. The third-order valence-electron chi connectivity index (χ3n) is 10.8. The van der Waals surface area contributed by atoms with Gasteiger partial charge < -0.3 is 4.90 Å². The smallest absolute Gasteiger partial charge is 0.267 e. The Morgan fingerprint density at radius 1 is 0.704 bits per heavy atom. The Balaban J connectivity index is 1.25. The lowest BCUT2D eigenvalue weighted by Gasteiger charge is -2.27. The molecule has 0 saturated heterocycles. The van der Waals surface area contributed by atoms with Gasteiger partial charge in [-0.05, 0) is 78.4 Å². The van der Waals surface area contributed by atoms with E-state index in [1.807, 2.05) is 24.3 Å². The zero-order valence-electron chi connectivity index (χ0n) is 31.8. The van der Waals surface area contributed by atoms with E-state index in [9.17, 15) is 21.4 Å². The van der Waals surface area contributed by atoms with Crippen molar-refractivity contribution in [1.29, 1.82) is 0 Å². The summed E-state index contributed by atoms with van der Waals surface area (Å²) >= 11 is 0. The van der Waals surface area contributed by atoms with Crippen LogP contribution in [0.2, 0.25) is 0 Å². The van der Waals surface area contributed by atoms with Gasteiger partial charge in [0, 0.05) is 47.5 Å². The molecule has 54 heavy (non-hydrogen) atoms. The second kappa shape index (κ2) is 15.8. The molecule has 4 aromatic rings. The molecule has 0 bridgehead atoms. The molecule has 0 aromatic heterocycles. The Hall–Kier alpha value is -4.35. The first-order chi connectivity index (χ1) is 25.7. The van der Waals surface area contributed by atoms with Crippen molar-refractivity contribution < 1.29 is 30.1 Å². The quantitative estimate of drug-likeness (QED) is 0.0423. The molecule has 2 heterocycles. The molecule has 284 valence electrons. The summed E-state index contributed by atoms with van der Waals surface area (Å²) in [7, 11) is -6.30. The highest BCUT2D eigenvalue weighted by atomic mass is 32.2. The third kappa shape index (κ3) is 8.17. The normalized spacial score (nSPS) is 17.7. The van der Waals surface area contributed by atoms with Gasteiger partial charge >= 0.3 is 0 Å². The SMILES string of the molecule is COS(=O)(=O)CCCCN1/C(=C/C=C/C=C/C=C/C2=[N+](CCCCS(=O)(=O)O)c3ccc4ccccc4c3C2(C)C)C(C)(C)c2c1ccc1ccccc21. The van der Waals surface area contributed by atoms with E-state index in [0.29, 0.717) is 38.8 Å². The van der Waals surface area contributed by atoms with Gasteiger partial charge in [-0.15, -0.1) is 0 Å². The van der Waals surface area contributed by atoms with Crippen molar-refractivity contribution in [3.05, 3.63) is 132 Å². The molecular formula is C44H51N2O6S2+. The van der Waals surface area contributed by atoms with Crippen molar-refractivity contribution in [2.75, 3.05) is 36.6 Å². The number of unbranched alkanes of at least 4 members (excludes halogenated alkanes) is 2. The van der Waals surface area contributed by atoms with Crippen LogP contribution >= 0.6 is 0 Å². The Morgan fingerprint density at radius 2 is 1.31 bits per heavy atom. The van der Waals surface area contributed by atoms with Gasteiger partial charge in [-0.25, -0.2) is 0 Å². The minimum Gasteiger partial charge on any atom is -0.344 e. The van der Waals surface area contributed by atoms with Crippen molar-refractivity contribution >= 4 is 58.9 Å². The maximum absolute atomic E-state index is 12.0. The number of allylic oxidation sites excluding steroid dienone is 8. The molecular weight excluding hydrogens is 717 g/mol. The Morgan fingerprint density at radius 3 is 2.00 bits per heavy atom. The fourth-order valence-corrected chi connectivity index (χ4v) is 9.52. The average Bonchev–Trinajstić information content (AvgIpc) is 3.49. The number of anilines is 1. The van der Waals surface area contributed by atoms with Gasteiger partial charge in [0.15, 0.2) is 5.71 Å². The van der Waals surface area contributed by atoms with Crippen LogP contribution < -0.4 is 4.90 Å². The highest BCUT2D eigenvalue weighted by Gasteiger charge is 2.45. The highest BCUT2D eigenvalue weighted by Crippen LogP contribution is 2.51. The summed E-state index contributed by atoms with van der Waals surface area (Å²) in [4.78, 5) is 2.33. The summed E-state index contributed by atoms with van der Waals surface area (Å²) in [5.74, 6) is -0.255. The largest absolute Gasteiger partial charge is 0.344 e. The highest BCUT2D eigenvalue weighted by molar-refractivity contribution is 7.86. The molecule has 2 aliphatic heterocycles. The number of fused-ring (bicyclic) bond motifs is 6. The summed E-state index contributed by atoms with van der Waals surface area (Å²) in [6.45, 7) is 10.3. The number of hydrogen-bond donors (Lipinski definition) is 1. The van der Waals surface area contributed by atoms with Crippen LogP contribution in [0.5, 0.6) is 0 Å². The van der Waals surface area contributed by atoms with Gasteiger partial charge in [-0.1, -0.05) is 98.8 Å². The first-order valence-electron chi connectivity index (χ1n) is 18.6. The Labute approximate surface area is 320 Å². The molecule has 0 saturated carbocycles. The molecule has 1 N–H and O–H groups in total. The zero-order valence-corrected chi connectivity index (χ0v) is 33.5. The summed E-state index contributed by atoms with van der Waals surface area (Å²) in [6, 6.07) is 25.5. The predicted molar refractivity (Wildman–Crippen MR) is 222 cm³/mol. The monoisotopic (exact) mass is 767 g/mol. The summed E-state index contributed by atoms with van der Waals surface area (Å²) in [5, 5.41) is 4.80. The average molecular weight is 768 g/mol. The van der Waals surface area contributed by atoms with Gasteiger partial charge in [-0.3, -0.25) is 8.74 Å². The van der Waals surface area contributed by atoms with E-state index >= 15 is 0 Å². The zero-order chi connectivity index (χ0) is 38.7. The van der Waals surface area contributed by atoms with E-state index in [2.05, 4.69) is 132 Å². The minimum atomic E-state index is -4.01. The van der Waals surface area contributed by atoms with E-state index in [4.69, 9.17) is 0 Å². The Kier molecular flexibility index (Phi) is 11.5. The molecule has 0 radical (unpaired) electrons. The van der Waals surface area contributed by atoms with Crippen LogP contribution in [0.25, 0.3) is 21.5 Å². The van der Waals surface area contributed by atoms with Crippen LogP contribution in [-0.2, 0) is 35.2 Å². The second-order valence-corrected chi connectivity index (χ2v) is 18.5. The first-order valence-corrected chi connectivity index (χ1v) is 21.8. The van der Waals surface area contributed by atoms with E-state index in [-0.39, 0.29) is 22.3 Å². The molecule has 0 unspecified atom stereocenters. The summed E-state index contributed by atoms with van der Waals surface area (Å²) < 4.78 is 62.9. The van der Waals surface area contributed by atoms with Gasteiger partial charge in [-0.2, -0.15) is 21.4 Å². The fourth-order valence-electron chi connectivity index (χ4n) is 8.22. The lowest BCUT2D eigenvalue weighted by atomic mass is 9.79. The molecule has 0 aliphatic carbocycles. The van der Waals surface area contributed by atoms with E-state index in [0.717, 1.165) is 22.8 Å². The van der Waals surface area contributed by atoms with Gasteiger partial charge in [0.1, 0.15) is 6.54 Å². The van der Waals surface area contributed by atoms with Crippen LogP contribution in [0.4, 0.5) is 11.4 Å². The van der Waals surface area contributed by atoms with E-state index < -0.39 is 20.2 Å². The fraction of sp³-hybridized carbons (Fsp3) is 0.341. The number of hydrogen-bond acceptors (Lipinski definition) is 6. The molecule has 4 aromatic carbocycles. The predicted octanol–water partition coefficient (Wildman–Crippen LogP) is 9.14. The minimum absolute atomic E-state index is 0.00657. The molecule has 8 nitrogen and oxygen atoms in total. The van der Waals surface area contributed by atoms with Crippen molar-refractivity contribution in [1.82, 2.24) is 0 Å². The van der Waals surface area contributed by atoms with Crippen LogP contribution in [0.3, 0.4) is 0 Å². The van der Waals surface area contributed by atoms with Crippen molar-refractivity contribution in [3.8, 4) is 0 Å². The van der Waals surface area contributed by atoms with Crippen LogP contribution in [0.1, 0.15) is 64.5 Å². The van der Waals surface area contributed by atoms with Gasteiger partial charge in [0.2, 0.25) is 5.69 Å². The molecule has 0 fully saturated rings. The Bertz CT molecular complexity index is 2440. The standard InChI is InChI=1S/C44H50N2O6S2/c1-43(2)39(45(29-15-17-31-53(47,48)49)37-27-25-33-19-11-13-21-35(33)41(37)43)23-9-7-6-8-10-24-40-44(3,4)42-36-22-14-12-20-34(36)26-28-38(42)46(40)30-16-18-32-54(50,51)52-5/h6-14,19-28H,15-18,29-32H2,1-5H3/p+1. The maximum Gasteiger partial charge on any atom is 0.267 e. The van der Waals surface area contributed by atoms with Crippen LogP contribution in [0.15, 0.2) is 121 Å². The number of nitrogens with zero attached hydrogens (tertiary/aromatic N) is 2.